The number of nitrogens with zero attached hydrogens (tertiary/aromatic N) is 3. The van der Waals surface area contributed by atoms with Crippen LogP contribution < -0.4 is 15.4 Å². The third-order valence-electron chi connectivity index (χ3n) is 4.69. The van der Waals surface area contributed by atoms with Crippen molar-refractivity contribution in [2.75, 3.05) is 13.6 Å². The number of hydrogen-bond acceptors (Lipinski definition) is 3. The summed E-state index contributed by atoms with van der Waals surface area (Å²) in [4.78, 5) is 4.33. The fourth-order valence-corrected chi connectivity index (χ4v) is 3.03. The van der Waals surface area contributed by atoms with Crippen LogP contribution in [0, 0.1) is 20.8 Å². The zero-order valence-electron chi connectivity index (χ0n) is 18.0. The Hall–Kier alpha value is -1.77. The minimum atomic E-state index is 0. The molecule has 0 fully saturated rings. The van der Waals surface area contributed by atoms with Gasteiger partial charge in [-0.2, -0.15) is 5.10 Å². The van der Waals surface area contributed by atoms with Gasteiger partial charge in [-0.1, -0.05) is 17.7 Å². The van der Waals surface area contributed by atoms with Gasteiger partial charge in [0.05, 0.1) is 12.2 Å². The van der Waals surface area contributed by atoms with Gasteiger partial charge >= 0.3 is 0 Å². The number of benzene rings is 1. The lowest BCUT2D eigenvalue weighted by Gasteiger charge is -2.21. The number of aryl methyl sites for hydroxylation is 3. The SMILES string of the molecule is CN=C(NCC(C)Oc1ccc(C)cc1)NC(C)Cc1c(C)nn(C)c1C.I. The third-order valence-corrected chi connectivity index (χ3v) is 4.69. The van der Waals surface area contributed by atoms with Crippen molar-refractivity contribution in [3.8, 4) is 5.75 Å². The van der Waals surface area contributed by atoms with Gasteiger partial charge in [0.1, 0.15) is 11.9 Å². The summed E-state index contributed by atoms with van der Waals surface area (Å²) in [6, 6.07) is 8.35. The Balaban J connectivity index is 0.00000392. The summed E-state index contributed by atoms with van der Waals surface area (Å²) in [6.45, 7) is 11.1. The molecule has 0 spiro atoms. The lowest BCUT2D eigenvalue weighted by Crippen LogP contribution is -2.45. The van der Waals surface area contributed by atoms with Crippen molar-refractivity contribution in [2.24, 2.45) is 12.0 Å². The second-order valence-electron chi connectivity index (χ2n) is 7.22. The summed E-state index contributed by atoms with van der Waals surface area (Å²) >= 11 is 0. The summed E-state index contributed by atoms with van der Waals surface area (Å²) in [5.41, 5.74) is 4.82. The average molecular weight is 499 g/mol. The van der Waals surface area contributed by atoms with Crippen molar-refractivity contribution in [2.45, 2.75) is 53.2 Å². The van der Waals surface area contributed by atoms with E-state index in [4.69, 9.17) is 4.74 Å². The van der Waals surface area contributed by atoms with Gasteiger partial charge < -0.3 is 15.4 Å². The molecule has 1 aromatic heterocycles. The van der Waals surface area contributed by atoms with E-state index < -0.39 is 0 Å². The van der Waals surface area contributed by atoms with Crippen molar-refractivity contribution in [1.82, 2.24) is 20.4 Å². The highest BCUT2D eigenvalue weighted by atomic mass is 127. The smallest absolute Gasteiger partial charge is 0.191 e. The molecule has 1 heterocycles. The van der Waals surface area contributed by atoms with Crippen LogP contribution in [0.1, 0.15) is 36.4 Å². The minimum absolute atomic E-state index is 0. The lowest BCUT2D eigenvalue weighted by molar-refractivity contribution is 0.223. The zero-order chi connectivity index (χ0) is 20.0. The number of ether oxygens (including phenoxy) is 1. The molecular weight excluding hydrogens is 465 g/mol. The molecule has 6 nitrogen and oxygen atoms in total. The maximum atomic E-state index is 5.94. The first kappa shape index (κ1) is 24.3. The maximum Gasteiger partial charge on any atom is 0.191 e. The third kappa shape index (κ3) is 7.00. The summed E-state index contributed by atoms with van der Waals surface area (Å²) in [5, 5.41) is 11.3. The second-order valence-corrected chi connectivity index (χ2v) is 7.22. The second kappa shape index (κ2) is 11.3. The fraction of sp³-hybridized carbons (Fsp3) is 0.524. The molecule has 0 amide bonds. The molecule has 7 heteroatoms. The molecular formula is C21H34IN5O. The number of aliphatic imine (C=N–C) groups is 1. The van der Waals surface area contributed by atoms with E-state index in [1.54, 1.807) is 7.05 Å². The van der Waals surface area contributed by atoms with E-state index in [0.29, 0.717) is 6.54 Å². The van der Waals surface area contributed by atoms with E-state index in [2.05, 4.69) is 60.6 Å². The Morgan fingerprint density at radius 1 is 1.18 bits per heavy atom. The molecule has 2 aromatic rings. The van der Waals surface area contributed by atoms with E-state index in [-0.39, 0.29) is 36.1 Å². The molecule has 0 saturated carbocycles. The van der Waals surface area contributed by atoms with Crippen molar-refractivity contribution in [3.63, 3.8) is 0 Å². The molecule has 2 N–H and O–H groups in total. The molecule has 2 atom stereocenters. The molecule has 2 rings (SSSR count). The van der Waals surface area contributed by atoms with Crippen molar-refractivity contribution in [1.29, 1.82) is 0 Å². The highest BCUT2D eigenvalue weighted by Crippen LogP contribution is 2.14. The van der Waals surface area contributed by atoms with Crippen LogP contribution in [0.5, 0.6) is 5.75 Å². The first-order valence-corrected chi connectivity index (χ1v) is 9.49. The van der Waals surface area contributed by atoms with Gasteiger partial charge in [0, 0.05) is 25.8 Å². The molecule has 0 saturated heterocycles. The summed E-state index contributed by atoms with van der Waals surface area (Å²) in [7, 11) is 3.77. The minimum Gasteiger partial charge on any atom is -0.489 e. The Morgan fingerprint density at radius 3 is 2.36 bits per heavy atom. The van der Waals surface area contributed by atoms with Crippen molar-refractivity contribution in [3.05, 3.63) is 46.8 Å². The Morgan fingerprint density at radius 2 is 1.82 bits per heavy atom. The van der Waals surface area contributed by atoms with E-state index in [1.807, 2.05) is 30.8 Å². The van der Waals surface area contributed by atoms with E-state index in [1.165, 1.54) is 16.8 Å². The number of guanidine groups is 1. The quantitative estimate of drug-likeness (QED) is 0.348. The topological polar surface area (TPSA) is 63.5 Å². The van der Waals surface area contributed by atoms with E-state index in [9.17, 15) is 0 Å². The van der Waals surface area contributed by atoms with Gasteiger partial charge in [-0.15, -0.1) is 24.0 Å². The predicted octanol–water partition coefficient (Wildman–Crippen LogP) is 3.53. The highest BCUT2D eigenvalue weighted by molar-refractivity contribution is 14.0. The predicted molar refractivity (Wildman–Crippen MR) is 127 cm³/mol. The molecule has 0 aliphatic heterocycles. The van der Waals surface area contributed by atoms with Crippen LogP contribution in [-0.2, 0) is 13.5 Å². The van der Waals surface area contributed by atoms with Gasteiger partial charge in [-0.3, -0.25) is 9.67 Å². The van der Waals surface area contributed by atoms with E-state index in [0.717, 1.165) is 23.8 Å². The Kier molecular flexibility index (Phi) is 9.78. The van der Waals surface area contributed by atoms with Crippen LogP contribution >= 0.6 is 24.0 Å². The standard InChI is InChI=1S/C21H33N5O.HI/c1-14-8-10-19(11-9-14)27-16(3)13-23-21(22-6)24-15(2)12-20-17(4)25-26(7)18(20)5;/h8-11,15-16H,12-13H2,1-7H3,(H2,22,23,24);1H. The van der Waals surface area contributed by atoms with Crippen LogP contribution in [-0.4, -0.2) is 41.5 Å². The Bertz CT molecular complexity index is 770. The zero-order valence-corrected chi connectivity index (χ0v) is 20.4. The molecule has 0 aliphatic carbocycles. The molecule has 1 aromatic carbocycles. The monoisotopic (exact) mass is 499 g/mol. The highest BCUT2D eigenvalue weighted by Gasteiger charge is 2.14. The summed E-state index contributed by atoms with van der Waals surface area (Å²) in [6.07, 6.45) is 0.936. The van der Waals surface area contributed by atoms with Gasteiger partial charge in [0.25, 0.3) is 0 Å². The first-order chi connectivity index (χ1) is 12.8. The van der Waals surface area contributed by atoms with Crippen LogP contribution in [0.25, 0.3) is 0 Å². The van der Waals surface area contributed by atoms with Crippen LogP contribution in [0.4, 0.5) is 0 Å². The molecule has 0 bridgehead atoms. The maximum absolute atomic E-state index is 5.94. The number of hydrogen-bond donors (Lipinski definition) is 2. The first-order valence-electron chi connectivity index (χ1n) is 9.49. The number of rotatable bonds is 7. The largest absolute Gasteiger partial charge is 0.489 e. The normalized spacial score (nSPS) is 13.5. The van der Waals surface area contributed by atoms with Crippen molar-refractivity contribution < 1.29 is 4.74 Å². The number of nitrogens with one attached hydrogen (secondary N) is 2. The van der Waals surface area contributed by atoms with Crippen molar-refractivity contribution >= 4 is 29.9 Å². The summed E-state index contributed by atoms with van der Waals surface area (Å²) in [5.74, 6) is 1.66. The Labute approximate surface area is 186 Å². The fourth-order valence-electron chi connectivity index (χ4n) is 3.03. The molecule has 156 valence electrons. The molecule has 0 radical (unpaired) electrons. The number of halogens is 1. The van der Waals surface area contributed by atoms with E-state index >= 15 is 0 Å². The lowest BCUT2D eigenvalue weighted by atomic mass is 10.1. The summed E-state index contributed by atoms with van der Waals surface area (Å²) < 4.78 is 7.88. The van der Waals surface area contributed by atoms with Gasteiger partial charge in [-0.25, -0.2) is 0 Å². The van der Waals surface area contributed by atoms with Gasteiger partial charge in [-0.05, 0) is 58.7 Å². The van der Waals surface area contributed by atoms with Crippen LogP contribution in [0.2, 0.25) is 0 Å². The molecule has 2 unspecified atom stereocenters. The number of aromatic nitrogens is 2. The average Bonchev–Trinajstić information content (AvgIpc) is 2.86. The molecule has 28 heavy (non-hydrogen) atoms. The van der Waals surface area contributed by atoms with Crippen LogP contribution in [0.15, 0.2) is 29.3 Å². The van der Waals surface area contributed by atoms with Crippen LogP contribution in [0.3, 0.4) is 0 Å². The van der Waals surface area contributed by atoms with Gasteiger partial charge in [0.2, 0.25) is 0 Å². The van der Waals surface area contributed by atoms with Gasteiger partial charge in [0.15, 0.2) is 5.96 Å². The molecule has 0 aliphatic rings.